The van der Waals surface area contributed by atoms with Crippen molar-refractivity contribution < 1.29 is 49.6 Å². The van der Waals surface area contributed by atoms with Crippen molar-refractivity contribution in [3.63, 3.8) is 0 Å². The molecule has 0 amide bonds. The van der Waals surface area contributed by atoms with Gasteiger partial charge < -0.3 is 49.6 Å². The molecule has 4 rings (SSSR count). The van der Waals surface area contributed by atoms with Crippen LogP contribution >= 0.6 is 0 Å². The first kappa shape index (κ1) is 22.8. The molecule has 0 spiro atoms. The summed E-state index contributed by atoms with van der Waals surface area (Å²) in [6.45, 7) is -0.678. The second-order valence-corrected chi connectivity index (χ2v) is 7.64. The zero-order chi connectivity index (χ0) is 24.0. The van der Waals surface area contributed by atoms with Crippen molar-refractivity contribution in [1.82, 2.24) is 0 Å². The lowest BCUT2D eigenvalue weighted by atomic mass is 9.89. The third-order valence-electron chi connectivity index (χ3n) is 5.65. The Balaban J connectivity index is 1.89. The average Bonchev–Trinajstić information content (AvgIpc) is 2.79. The van der Waals surface area contributed by atoms with E-state index in [4.69, 9.17) is 13.9 Å². The van der Waals surface area contributed by atoms with E-state index in [1.165, 1.54) is 31.4 Å². The predicted molar refractivity (Wildman–Crippen MR) is 112 cm³/mol. The molecule has 1 fully saturated rings. The van der Waals surface area contributed by atoms with Gasteiger partial charge in [0.05, 0.1) is 19.3 Å². The van der Waals surface area contributed by atoms with Crippen LogP contribution in [0.4, 0.5) is 0 Å². The van der Waals surface area contributed by atoms with Crippen LogP contribution in [0.3, 0.4) is 0 Å². The van der Waals surface area contributed by atoms with Gasteiger partial charge in [0.15, 0.2) is 16.9 Å². The number of phenols is 3. The number of fused-ring (bicyclic) bond motifs is 1. The van der Waals surface area contributed by atoms with Gasteiger partial charge in [-0.05, 0) is 18.2 Å². The van der Waals surface area contributed by atoms with Crippen molar-refractivity contribution in [3.8, 4) is 34.3 Å². The molecule has 2 heterocycles. The van der Waals surface area contributed by atoms with Crippen molar-refractivity contribution >= 4 is 11.0 Å². The SMILES string of the molecule is COc1cc2oc(-c3ccc(O)c(O)c3)cc(=O)c2c(O)c1[C@H]1O[C@@H](CO)[C@@H](O)[C@@H](O)[C@H]1O. The molecule has 2 aromatic carbocycles. The maximum atomic E-state index is 12.9. The van der Waals surface area contributed by atoms with Gasteiger partial charge in [-0.3, -0.25) is 4.79 Å². The highest BCUT2D eigenvalue weighted by Gasteiger charge is 2.46. The Kier molecular flexibility index (Phi) is 5.91. The van der Waals surface area contributed by atoms with Crippen LogP contribution in [-0.4, -0.2) is 73.9 Å². The molecule has 176 valence electrons. The summed E-state index contributed by atoms with van der Waals surface area (Å²) in [7, 11) is 1.26. The molecule has 0 unspecified atom stereocenters. The summed E-state index contributed by atoms with van der Waals surface area (Å²) >= 11 is 0. The first-order valence-corrected chi connectivity index (χ1v) is 9.88. The van der Waals surface area contributed by atoms with Crippen LogP contribution in [0.5, 0.6) is 23.0 Å². The van der Waals surface area contributed by atoms with Gasteiger partial charge in [0.25, 0.3) is 0 Å². The maximum absolute atomic E-state index is 12.9. The van der Waals surface area contributed by atoms with Gasteiger partial charge in [0.1, 0.15) is 58.7 Å². The molecule has 5 atom stereocenters. The van der Waals surface area contributed by atoms with Gasteiger partial charge in [-0.1, -0.05) is 0 Å². The lowest BCUT2D eigenvalue weighted by Crippen LogP contribution is -2.55. The van der Waals surface area contributed by atoms with E-state index in [0.717, 1.165) is 6.07 Å². The molecule has 1 saturated heterocycles. The van der Waals surface area contributed by atoms with Crippen molar-refractivity contribution in [1.29, 1.82) is 0 Å². The summed E-state index contributed by atoms with van der Waals surface area (Å²) in [4.78, 5) is 12.9. The topological polar surface area (TPSA) is 190 Å². The highest BCUT2D eigenvalue weighted by molar-refractivity contribution is 5.88. The molecule has 1 aromatic heterocycles. The number of phenolic OH excluding ortho intramolecular Hbond substituents is 3. The van der Waals surface area contributed by atoms with E-state index >= 15 is 0 Å². The van der Waals surface area contributed by atoms with Crippen LogP contribution in [0.25, 0.3) is 22.3 Å². The van der Waals surface area contributed by atoms with E-state index in [1.54, 1.807) is 0 Å². The molecule has 0 saturated carbocycles. The molecule has 11 heteroatoms. The van der Waals surface area contributed by atoms with Crippen LogP contribution in [0, 0.1) is 0 Å². The fourth-order valence-electron chi connectivity index (χ4n) is 3.90. The number of ether oxygens (including phenoxy) is 2. The van der Waals surface area contributed by atoms with Crippen molar-refractivity contribution in [3.05, 3.63) is 46.1 Å². The number of methoxy groups -OCH3 is 1. The highest BCUT2D eigenvalue weighted by Crippen LogP contribution is 2.45. The Morgan fingerprint density at radius 2 is 1.70 bits per heavy atom. The smallest absolute Gasteiger partial charge is 0.197 e. The summed E-state index contributed by atoms with van der Waals surface area (Å²) in [6.07, 6.45) is -7.72. The van der Waals surface area contributed by atoms with Crippen LogP contribution in [0.1, 0.15) is 11.7 Å². The number of aromatic hydroxyl groups is 3. The monoisotopic (exact) mass is 462 g/mol. The summed E-state index contributed by atoms with van der Waals surface area (Å²) in [5, 5.41) is 70.0. The van der Waals surface area contributed by atoms with E-state index in [1.807, 2.05) is 0 Å². The molecule has 7 N–H and O–H groups in total. The summed E-state index contributed by atoms with van der Waals surface area (Å²) in [5.74, 6) is -1.44. The second kappa shape index (κ2) is 8.54. The first-order chi connectivity index (χ1) is 15.7. The number of aliphatic hydroxyl groups excluding tert-OH is 4. The first-order valence-electron chi connectivity index (χ1n) is 9.88. The van der Waals surface area contributed by atoms with Crippen LogP contribution in [-0.2, 0) is 4.74 Å². The normalized spacial score (nSPS) is 25.3. The minimum Gasteiger partial charge on any atom is -0.506 e. The van der Waals surface area contributed by atoms with Crippen LogP contribution in [0.2, 0.25) is 0 Å². The lowest BCUT2D eigenvalue weighted by molar-refractivity contribution is -0.232. The number of rotatable bonds is 4. The lowest BCUT2D eigenvalue weighted by Gasteiger charge is -2.40. The molecule has 3 aromatic rings. The van der Waals surface area contributed by atoms with Gasteiger partial charge in [0, 0.05) is 17.7 Å². The molecule has 1 aliphatic heterocycles. The minimum atomic E-state index is -1.72. The molecule has 1 aliphatic rings. The zero-order valence-corrected chi connectivity index (χ0v) is 17.2. The maximum Gasteiger partial charge on any atom is 0.197 e. The van der Waals surface area contributed by atoms with E-state index < -0.39 is 54.1 Å². The molecular weight excluding hydrogens is 440 g/mol. The third-order valence-corrected chi connectivity index (χ3v) is 5.65. The Bertz CT molecular complexity index is 1250. The number of aliphatic hydroxyl groups is 4. The fraction of sp³-hybridized carbons (Fsp3) is 0.318. The van der Waals surface area contributed by atoms with Gasteiger partial charge >= 0.3 is 0 Å². The summed E-state index contributed by atoms with van der Waals surface area (Å²) < 4.78 is 16.5. The second-order valence-electron chi connectivity index (χ2n) is 7.64. The van der Waals surface area contributed by atoms with Crippen molar-refractivity contribution in [2.45, 2.75) is 30.5 Å². The molecule has 0 radical (unpaired) electrons. The molecular formula is C22H22O11. The van der Waals surface area contributed by atoms with E-state index in [9.17, 15) is 40.5 Å². The Morgan fingerprint density at radius 1 is 0.970 bits per heavy atom. The zero-order valence-electron chi connectivity index (χ0n) is 17.2. The van der Waals surface area contributed by atoms with E-state index in [-0.39, 0.29) is 39.4 Å². The number of hydrogen-bond acceptors (Lipinski definition) is 11. The van der Waals surface area contributed by atoms with E-state index in [0.29, 0.717) is 0 Å². The molecule has 33 heavy (non-hydrogen) atoms. The quantitative estimate of drug-likeness (QED) is 0.260. The predicted octanol–water partition coefficient (Wildman–Crippen LogP) is 0.100. The van der Waals surface area contributed by atoms with Crippen LogP contribution < -0.4 is 10.2 Å². The van der Waals surface area contributed by atoms with Gasteiger partial charge in [0.2, 0.25) is 0 Å². The summed E-state index contributed by atoms with van der Waals surface area (Å²) in [5.41, 5.74) is -0.664. The third kappa shape index (κ3) is 3.75. The minimum absolute atomic E-state index is 0.0323. The van der Waals surface area contributed by atoms with Crippen molar-refractivity contribution in [2.24, 2.45) is 0 Å². The molecule has 0 bridgehead atoms. The number of hydrogen-bond donors (Lipinski definition) is 7. The molecule has 0 aliphatic carbocycles. The Hall–Kier alpha value is -3.35. The highest BCUT2D eigenvalue weighted by atomic mass is 16.5. The standard InChI is InChI=1S/C22H22O11/c1-31-13-6-14-16(11(26)5-12(32-14)8-2-3-9(24)10(25)4-8)19(28)17(13)22-21(30)20(29)18(27)15(7-23)33-22/h2-6,15,18,20-25,27-30H,7H2,1H3/t15-,18+,20+,21+,22+/m0/s1. The summed E-state index contributed by atoms with van der Waals surface area (Å²) in [6, 6.07) is 6.17. The van der Waals surface area contributed by atoms with E-state index in [2.05, 4.69) is 0 Å². The fourth-order valence-corrected chi connectivity index (χ4v) is 3.90. The average molecular weight is 462 g/mol. The Labute approximate surface area is 185 Å². The molecule has 11 nitrogen and oxygen atoms in total. The Morgan fingerprint density at radius 3 is 2.33 bits per heavy atom. The van der Waals surface area contributed by atoms with Gasteiger partial charge in [-0.15, -0.1) is 0 Å². The van der Waals surface area contributed by atoms with Crippen LogP contribution in [0.15, 0.2) is 39.5 Å². The largest absolute Gasteiger partial charge is 0.506 e. The van der Waals surface area contributed by atoms with Gasteiger partial charge in [-0.25, -0.2) is 0 Å². The van der Waals surface area contributed by atoms with Gasteiger partial charge in [-0.2, -0.15) is 0 Å². The number of benzene rings is 2. The van der Waals surface area contributed by atoms with Crippen molar-refractivity contribution in [2.75, 3.05) is 13.7 Å².